The van der Waals surface area contributed by atoms with Gasteiger partial charge in [0, 0.05) is 27.6 Å². The quantitative estimate of drug-likeness (QED) is 0.128. The van der Waals surface area contributed by atoms with Gasteiger partial charge in [0.15, 0.2) is 0 Å². The summed E-state index contributed by atoms with van der Waals surface area (Å²) in [7, 11) is 0. The largest absolute Gasteiger partial charge is 0.362 e. The minimum Gasteiger partial charge on any atom is -0.362 e. The molecule has 8 aromatic rings. The molecule has 0 aliphatic heterocycles. The minimum atomic E-state index is 0.119. The lowest BCUT2D eigenvalue weighted by Gasteiger charge is -2.27. The third kappa shape index (κ3) is 5.43. The normalized spacial score (nSPS) is 13.3. The van der Waals surface area contributed by atoms with Crippen LogP contribution in [0.15, 0.2) is 175 Å². The van der Waals surface area contributed by atoms with Crippen LogP contribution in [-0.4, -0.2) is 10.4 Å². The molecule has 0 bridgehead atoms. The maximum absolute atomic E-state index is 5.38. The molecule has 0 amide bonds. The summed E-state index contributed by atoms with van der Waals surface area (Å²) < 4.78 is 2.45. The van der Waals surface area contributed by atoms with E-state index in [0.717, 1.165) is 29.2 Å². The molecule has 0 radical (unpaired) electrons. The minimum absolute atomic E-state index is 0.119. The number of benzene rings is 7. The van der Waals surface area contributed by atoms with Crippen molar-refractivity contribution >= 4 is 33.3 Å². The summed E-state index contributed by atoms with van der Waals surface area (Å²) in [5, 5.41) is 6.41. The smallest absolute Gasteiger partial charge is 0.134 e. The lowest BCUT2D eigenvalue weighted by Crippen LogP contribution is -2.33. The van der Waals surface area contributed by atoms with E-state index in [1.165, 1.54) is 60.8 Å². The van der Waals surface area contributed by atoms with E-state index >= 15 is 0 Å². The first-order chi connectivity index (χ1) is 25.2. The summed E-state index contributed by atoms with van der Waals surface area (Å²) in [5.74, 6) is 1.28. The van der Waals surface area contributed by atoms with Gasteiger partial charge in [-0.15, -0.1) is 0 Å². The van der Waals surface area contributed by atoms with Crippen LogP contribution in [0.4, 0.5) is 5.69 Å². The van der Waals surface area contributed by atoms with Crippen LogP contribution in [0.2, 0.25) is 0 Å². The molecule has 1 heterocycles. The Bertz CT molecular complexity index is 2550. The molecule has 0 spiro atoms. The second kappa shape index (κ2) is 12.9. The maximum Gasteiger partial charge on any atom is 0.134 e. The molecule has 1 aliphatic rings. The fourth-order valence-electron chi connectivity index (χ4n) is 7.76. The van der Waals surface area contributed by atoms with Gasteiger partial charge in [-0.25, -0.2) is 4.99 Å². The second-order valence-electron chi connectivity index (χ2n) is 13.6. The fourth-order valence-corrected chi connectivity index (χ4v) is 7.76. The van der Waals surface area contributed by atoms with Crippen molar-refractivity contribution in [2.45, 2.75) is 26.3 Å². The number of hydrogen-bond donors (Lipinski definition) is 1. The van der Waals surface area contributed by atoms with Gasteiger partial charge in [0.25, 0.3) is 0 Å². The first kappa shape index (κ1) is 30.8. The molecule has 0 saturated carbocycles. The summed E-state index contributed by atoms with van der Waals surface area (Å²) in [6.45, 7) is 4.57. The average Bonchev–Trinajstić information content (AvgIpc) is 3.51. The number of hydrogen-bond acceptors (Lipinski definition) is 1. The summed E-state index contributed by atoms with van der Waals surface area (Å²) in [4.78, 5) is 5.38. The molecule has 9 rings (SSSR count). The van der Waals surface area contributed by atoms with Crippen molar-refractivity contribution in [3.05, 3.63) is 181 Å². The molecule has 246 valence electrons. The number of aliphatic imine (C=N–C) groups is 1. The molecular formula is C48H39N3. The van der Waals surface area contributed by atoms with Gasteiger partial charge in [0.05, 0.1) is 22.8 Å². The number of fused-ring (bicyclic) bond motifs is 8. The Balaban J connectivity index is 1.22. The van der Waals surface area contributed by atoms with E-state index < -0.39 is 0 Å². The number of aromatic nitrogens is 1. The zero-order chi connectivity index (χ0) is 34.3. The molecule has 0 fully saturated rings. The van der Waals surface area contributed by atoms with Crippen LogP contribution in [-0.2, 0) is 0 Å². The van der Waals surface area contributed by atoms with Crippen LogP contribution in [0.25, 0.3) is 60.9 Å². The van der Waals surface area contributed by atoms with Crippen molar-refractivity contribution in [3.63, 3.8) is 0 Å². The van der Waals surface area contributed by atoms with E-state index in [-0.39, 0.29) is 6.04 Å². The number of rotatable bonds is 8. The van der Waals surface area contributed by atoms with Gasteiger partial charge in [-0.3, -0.25) is 0 Å². The van der Waals surface area contributed by atoms with Crippen molar-refractivity contribution in [3.8, 4) is 39.1 Å². The molecule has 3 nitrogen and oxygen atoms in total. The molecular weight excluding hydrogens is 619 g/mol. The highest BCUT2D eigenvalue weighted by Gasteiger charge is 2.28. The zero-order valence-electron chi connectivity index (χ0n) is 28.9. The van der Waals surface area contributed by atoms with Gasteiger partial charge in [0.1, 0.15) is 5.84 Å². The molecule has 7 aromatic carbocycles. The molecule has 2 unspecified atom stereocenters. The van der Waals surface area contributed by atoms with Gasteiger partial charge in [-0.05, 0) is 69.6 Å². The summed E-state index contributed by atoms with van der Waals surface area (Å²) in [6, 6.07) is 61.1. The molecule has 1 aliphatic carbocycles. The maximum atomic E-state index is 5.38. The van der Waals surface area contributed by atoms with Gasteiger partial charge in [-0.2, -0.15) is 0 Å². The van der Waals surface area contributed by atoms with E-state index in [2.05, 4.69) is 194 Å². The number of amidine groups is 1. The van der Waals surface area contributed by atoms with Crippen LogP contribution in [0.3, 0.4) is 0 Å². The fraction of sp³-hybridized carbons (Fsp3) is 0.104. The van der Waals surface area contributed by atoms with E-state index in [0.29, 0.717) is 5.92 Å². The zero-order valence-corrected chi connectivity index (χ0v) is 28.9. The van der Waals surface area contributed by atoms with Crippen LogP contribution in [0, 0.1) is 5.92 Å². The van der Waals surface area contributed by atoms with Crippen molar-refractivity contribution in [2.75, 3.05) is 0 Å². The number of nitrogens with zero attached hydrogens (tertiary/aromatic N) is 2. The topological polar surface area (TPSA) is 29.3 Å². The lowest BCUT2D eigenvalue weighted by molar-refractivity contribution is 0.423. The predicted molar refractivity (Wildman–Crippen MR) is 215 cm³/mol. The molecule has 51 heavy (non-hydrogen) atoms. The Labute approximate surface area is 299 Å². The van der Waals surface area contributed by atoms with Gasteiger partial charge in [0.2, 0.25) is 0 Å². The monoisotopic (exact) mass is 657 g/mol. The summed E-state index contributed by atoms with van der Waals surface area (Å²) in [5.41, 5.74) is 14.5. The first-order valence-electron chi connectivity index (χ1n) is 18.0. The lowest BCUT2D eigenvalue weighted by atomic mass is 9.79. The number of nitrogens with one attached hydrogen (secondary N) is 1. The Morgan fingerprint density at radius 3 is 2.08 bits per heavy atom. The third-order valence-corrected chi connectivity index (χ3v) is 10.6. The van der Waals surface area contributed by atoms with Crippen LogP contribution < -0.4 is 5.32 Å². The van der Waals surface area contributed by atoms with Crippen molar-refractivity contribution in [1.29, 1.82) is 0 Å². The molecule has 3 heteroatoms. The molecule has 1 N–H and O–H groups in total. The van der Waals surface area contributed by atoms with E-state index in [1.807, 2.05) is 0 Å². The standard InChI is InChI=1S/C48H39N3/c1-3-32(2)46(34-18-9-5-10-19-34)50-48(35-20-11-6-12-21-35)49-37-22-15-23-38(31-37)51-44-29-26-36(33-16-7-4-8-17-33)30-43(44)42-28-27-41-39-24-13-14-25-40(39)45(41)47(42)51/h4-32,46H,3H2,1-2H3,(H,49,50). The SMILES string of the molecule is CCC(C)C(NC(=Nc1cccc(-n2c3ccc(-c4ccccc4)cc3c3ccc4c(c32)-c2ccccc2-4)c1)c1ccccc1)c1ccccc1. The van der Waals surface area contributed by atoms with Crippen LogP contribution in [0.1, 0.15) is 37.4 Å². The Morgan fingerprint density at radius 2 is 1.31 bits per heavy atom. The van der Waals surface area contributed by atoms with Crippen molar-refractivity contribution in [2.24, 2.45) is 10.9 Å². The molecule has 2 atom stereocenters. The summed E-state index contributed by atoms with van der Waals surface area (Å²) >= 11 is 0. The van der Waals surface area contributed by atoms with Crippen molar-refractivity contribution < 1.29 is 0 Å². The second-order valence-corrected chi connectivity index (χ2v) is 13.6. The molecule has 1 aromatic heterocycles. The van der Waals surface area contributed by atoms with E-state index in [1.54, 1.807) is 0 Å². The van der Waals surface area contributed by atoms with Crippen LogP contribution >= 0.6 is 0 Å². The van der Waals surface area contributed by atoms with E-state index in [9.17, 15) is 0 Å². The average molecular weight is 658 g/mol. The molecule has 0 saturated heterocycles. The van der Waals surface area contributed by atoms with E-state index in [4.69, 9.17) is 4.99 Å². The van der Waals surface area contributed by atoms with Gasteiger partial charge < -0.3 is 9.88 Å². The highest BCUT2D eigenvalue weighted by atomic mass is 15.0. The third-order valence-electron chi connectivity index (χ3n) is 10.6. The van der Waals surface area contributed by atoms with Gasteiger partial charge >= 0.3 is 0 Å². The first-order valence-corrected chi connectivity index (χ1v) is 18.0. The Kier molecular flexibility index (Phi) is 7.82. The Morgan fingerprint density at radius 1 is 0.608 bits per heavy atom. The summed E-state index contributed by atoms with van der Waals surface area (Å²) in [6.07, 6.45) is 1.05. The Hall–Kier alpha value is -6.19. The highest BCUT2D eigenvalue weighted by Crippen LogP contribution is 2.52. The predicted octanol–water partition coefficient (Wildman–Crippen LogP) is 12.6. The van der Waals surface area contributed by atoms with Crippen molar-refractivity contribution in [1.82, 2.24) is 9.88 Å². The van der Waals surface area contributed by atoms with Crippen LogP contribution in [0.5, 0.6) is 0 Å². The van der Waals surface area contributed by atoms with Gasteiger partial charge in [-0.1, -0.05) is 160 Å². The highest BCUT2D eigenvalue weighted by molar-refractivity contribution is 6.21.